The third kappa shape index (κ3) is 4.37. The van der Waals surface area contributed by atoms with E-state index in [1.165, 1.54) is 12.2 Å². The second-order valence-corrected chi connectivity index (χ2v) is 10.5. The summed E-state index contributed by atoms with van der Waals surface area (Å²) in [6.45, 7) is 9.77. The Morgan fingerprint density at radius 2 is 1.91 bits per heavy atom. The number of aliphatic hydroxyl groups is 2. The first kappa shape index (κ1) is 24.4. The molecule has 8 atom stereocenters. The SMILES string of the molecule is C=C1[C@H](C)[C@@H]2[C@@H](Cc3ccccc3)NC(=O)[C@@]23OC(=O)C=C[C@](C)(O)C[C@H](C)CC=C[C@@H]3[C@H]1O. The molecule has 3 N–H and O–H groups in total. The molecule has 0 bridgehead atoms. The number of carbonyl (C=O) groups excluding carboxylic acids is 2. The number of carbonyl (C=O) groups is 2. The molecule has 1 amide bonds. The summed E-state index contributed by atoms with van der Waals surface area (Å²) in [5.41, 5.74) is -1.06. The van der Waals surface area contributed by atoms with E-state index in [1.54, 1.807) is 6.92 Å². The molecule has 2 heterocycles. The highest BCUT2D eigenvalue weighted by atomic mass is 16.6. The summed E-state index contributed by atoms with van der Waals surface area (Å²) >= 11 is 0. The van der Waals surface area contributed by atoms with E-state index in [4.69, 9.17) is 4.74 Å². The first-order chi connectivity index (χ1) is 16.0. The first-order valence-corrected chi connectivity index (χ1v) is 12.1. The van der Waals surface area contributed by atoms with Gasteiger partial charge < -0.3 is 20.3 Å². The lowest BCUT2D eigenvalue weighted by Gasteiger charge is -2.49. The number of rotatable bonds is 2. The van der Waals surface area contributed by atoms with E-state index in [9.17, 15) is 19.8 Å². The Balaban J connectivity index is 1.81. The third-order valence-electron chi connectivity index (χ3n) is 7.73. The van der Waals surface area contributed by atoms with Crippen molar-refractivity contribution in [2.75, 3.05) is 0 Å². The van der Waals surface area contributed by atoms with Gasteiger partial charge in [0, 0.05) is 18.0 Å². The summed E-state index contributed by atoms with van der Waals surface area (Å²) in [7, 11) is 0. The number of aliphatic hydroxyl groups excluding tert-OH is 1. The molecule has 1 spiro atoms. The molecule has 1 saturated heterocycles. The maximum atomic E-state index is 13.7. The summed E-state index contributed by atoms with van der Waals surface area (Å²) < 4.78 is 6.03. The Morgan fingerprint density at radius 3 is 2.62 bits per heavy atom. The van der Waals surface area contributed by atoms with Crippen molar-refractivity contribution >= 4 is 11.9 Å². The van der Waals surface area contributed by atoms with Crippen LogP contribution < -0.4 is 5.32 Å². The van der Waals surface area contributed by atoms with Crippen molar-refractivity contribution < 1.29 is 24.5 Å². The van der Waals surface area contributed by atoms with E-state index >= 15 is 0 Å². The highest BCUT2D eigenvalue weighted by Crippen LogP contribution is 2.52. The van der Waals surface area contributed by atoms with Crippen LogP contribution in [0.15, 0.2) is 66.8 Å². The average molecular weight is 466 g/mol. The van der Waals surface area contributed by atoms with Crippen molar-refractivity contribution in [1.82, 2.24) is 5.32 Å². The zero-order chi connectivity index (χ0) is 24.7. The zero-order valence-electron chi connectivity index (χ0n) is 20.1. The average Bonchev–Trinajstić information content (AvgIpc) is 3.04. The quantitative estimate of drug-likeness (QED) is 0.461. The second kappa shape index (κ2) is 9.16. The van der Waals surface area contributed by atoms with Gasteiger partial charge in [0.2, 0.25) is 5.60 Å². The molecule has 3 aliphatic rings. The van der Waals surface area contributed by atoms with E-state index in [2.05, 4.69) is 11.9 Å². The predicted molar refractivity (Wildman–Crippen MR) is 129 cm³/mol. The molecule has 1 aromatic carbocycles. The number of amides is 1. The number of benzene rings is 1. The molecule has 182 valence electrons. The van der Waals surface area contributed by atoms with E-state index < -0.39 is 41.0 Å². The molecule has 2 aliphatic heterocycles. The van der Waals surface area contributed by atoms with Gasteiger partial charge in [0.15, 0.2) is 0 Å². The van der Waals surface area contributed by atoms with Gasteiger partial charge >= 0.3 is 5.97 Å². The number of nitrogens with one attached hydrogen (secondary N) is 1. The molecule has 1 aromatic rings. The summed E-state index contributed by atoms with van der Waals surface area (Å²) in [6.07, 6.45) is 7.04. The maximum Gasteiger partial charge on any atom is 0.331 e. The van der Waals surface area contributed by atoms with E-state index in [1.807, 2.05) is 56.3 Å². The van der Waals surface area contributed by atoms with Crippen molar-refractivity contribution in [2.24, 2.45) is 23.7 Å². The Labute approximate surface area is 201 Å². The second-order valence-electron chi connectivity index (χ2n) is 10.5. The van der Waals surface area contributed by atoms with Gasteiger partial charge in [0.25, 0.3) is 5.91 Å². The van der Waals surface area contributed by atoms with Gasteiger partial charge in [0.1, 0.15) is 0 Å². The molecule has 34 heavy (non-hydrogen) atoms. The van der Waals surface area contributed by atoms with Crippen LogP contribution in [0.2, 0.25) is 0 Å². The minimum atomic E-state index is -1.58. The molecule has 6 heteroatoms. The van der Waals surface area contributed by atoms with Gasteiger partial charge in [-0.2, -0.15) is 0 Å². The summed E-state index contributed by atoms with van der Waals surface area (Å²) in [6, 6.07) is 9.56. The largest absolute Gasteiger partial charge is 0.445 e. The smallest absolute Gasteiger partial charge is 0.331 e. The number of hydrogen-bond donors (Lipinski definition) is 3. The maximum absolute atomic E-state index is 13.7. The molecule has 0 unspecified atom stereocenters. The Morgan fingerprint density at radius 1 is 1.21 bits per heavy atom. The van der Waals surface area contributed by atoms with Crippen LogP contribution >= 0.6 is 0 Å². The lowest BCUT2D eigenvalue weighted by atomic mass is 9.59. The Hall–Kier alpha value is -2.70. The van der Waals surface area contributed by atoms with Crippen LogP contribution in [0.3, 0.4) is 0 Å². The van der Waals surface area contributed by atoms with E-state index in [0.29, 0.717) is 24.8 Å². The van der Waals surface area contributed by atoms with Gasteiger partial charge in [-0.15, -0.1) is 0 Å². The number of esters is 1. The zero-order valence-corrected chi connectivity index (χ0v) is 20.1. The van der Waals surface area contributed by atoms with Crippen molar-refractivity contribution in [3.63, 3.8) is 0 Å². The van der Waals surface area contributed by atoms with E-state index in [-0.39, 0.29) is 17.9 Å². The normalized spacial score (nSPS) is 40.4. The first-order valence-electron chi connectivity index (χ1n) is 12.1. The van der Waals surface area contributed by atoms with Gasteiger partial charge in [-0.3, -0.25) is 4.79 Å². The molecule has 0 aromatic heterocycles. The highest BCUT2D eigenvalue weighted by Gasteiger charge is 2.67. The van der Waals surface area contributed by atoms with Crippen molar-refractivity contribution in [1.29, 1.82) is 0 Å². The topological polar surface area (TPSA) is 95.9 Å². The molecular formula is C28H35NO5. The standard InChI is InChI=1S/C28H35NO5/c1-17-9-8-12-21-25(31)19(3)18(2)24-22(15-20-10-6-5-7-11-20)29-26(32)28(21,24)34-23(30)13-14-27(4,33)16-17/h5-8,10-14,17-18,21-22,24-25,31,33H,3,9,15-16H2,1-2,4H3,(H,29,32)/t17-,18+,21-,22-,24-,25+,27+,28+/m1/s1. The van der Waals surface area contributed by atoms with Crippen LogP contribution in [-0.2, 0) is 20.7 Å². The fourth-order valence-corrected chi connectivity index (χ4v) is 6.12. The van der Waals surface area contributed by atoms with Gasteiger partial charge in [-0.25, -0.2) is 4.79 Å². The van der Waals surface area contributed by atoms with Crippen molar-refractivity contribution in [3.8, 4) is 0 Å². The lowest BCUT2D eigenvalue weighted by molar-refractivity contribution is -0.182. The van der Waals surface area contributed by atoms with Crippen LogP contribution in [0, 0.1) is 23.7 Å². The number of ether oxygens (including phenoxy) is 1. The third-order valence-corrected chi connectivity index (χ3v) is 7.73. The molecule has 1 saturated carbocycles. The predicted octanol–water partition coefficient (Wildman–Crippen LogP) is 3.10. The van der Waals surface area contributed by atoms with Gasteiger partial charge in [-0.1, -0.05) is 62.9 Å². The number of allylic oxidation sites excluding steroid dienone is 1. The van der Waals surface area contributed by atoms with Crippen LogP contribution in [-0.4, -0.2) is 45.4 Å². The van der Waals surface area contributed by atoms with E-state index in [0.717, 1.165) is 5.56 Å². The van der Waals surface area contributed by atoms with Crippen LogP contribution in [0.25, 0.3) is 0 Å². The highest BCUT2D eigenvalue weighted by molar-refractivity contribution is 5.94. The van der Waals surface area contributed by atoms with Gasteiger partial charge in [-0.05, 0) is 55.2 Å². The summed E-state index contributed by atoms with van der Waals surface area (Å²) in [5.74, 6) is -2.41. The molecule has 1 aliphatic carbocycles. The summed E-state index contributed by atoms with van der Waals surface area (Å²) in [4.78, 5) is 26.7. The summed E-state index contributed by atoms with van der Waals surface area (Å²) in [5, 5.41) is 25.0. The van der Waals surface area contributed by atoms with Crippen LogP contribution in [0.1, 0.15) is 39.2 Å². The molecular weight excluding hydrogens is 430 g/mol. The molecule has 2 fully saturated rings. The monoisotopic (exact) mass is 465 g/mol. The lowest BCUT2D eigenvalue weighted by Crippen LogP contribution is -2.61. The Kier molecular flexibility index (Phi) is 6.58. The van der Waals surface area contributed by atoms with Gasteiger partial charge in [0.05, 0.1) is 17.6 Å². The van der Waals surface area contributed by atoms with Crippen molar-refractivity contribution in [2.45, 2.75) is 63.4 Å². The van der Waals surface area contributed by atoms with Crippen molar-refractivity contribution in [3.05, 3.63) is 72.4 Å². The minimum absolute atomic E-state index is 0.129. The fraction of sp³-hybridized carbons (Fsp3) is 0.500. The van der Waals surface area contributed by atoms with Crippen LogP contribution in [0.4, 0.5) is 0 Å². The fourth-order valence-electron chi connectivity index (χ4n) is 6.12. The minimum Gasteiger partial charge on any atom is -0.445 e. The Bertz CT molecular complexity index is 1010. The molecule has 4 rings (SSSR count). The molecule has 6 nitrogen and oxygen atoms in total. The van der Waals surface area contributed by atoms with Crippen LogP contribution in [0.5, 0.6) is 0 Å². The number of hydrogen-bond acceptors (Lipinski definition) is 5. The molecule has 0 radical (unpaired) electrons.